The van der Waals surface area contributed by atoms with Gasteiger partial charge in [0.15, 0.2) is 16.6 Å². The number of nitrogens with zero attached hydrogens (tertiary/aromatic N) is 1. The average molecular weight is 353 g/mol. The summed E-state index contributed by atoms with van der Waals surface area (Å²) in [6.07, 6.45) is 4.79. The standard InChI is InChI=1S/C16H17ClN2O3S/c1-4-22-13-8-11(7-12(17)15(13)21-3)5-6-14(20)19-16-18-9-10(2)23-16/h5-9H,4H2,1-3H3,(H,18,19,20). The van der Waals surface area contributed by atoms with Crippen LogP contribution < -0.4 is 14.8 Å². The van der Waals surface area contributed by atoms with E-state index in [0.717, 1.165) is 10.4 Å². The Morgan fingerprint density at radius 1 is 1.48 bits per heavy atom. The molecule has 23 heavy (non-hydrogen) atoms. The summed E-state index contributed by atoms with van der Waals surface area (Å²) in [5, 5.41) is 3.70. The number of hydrogen-bond acceptors (Lipinski definition) is 5. The van der Waals surface area contributed by atoms with Gasteiger partial charge in [0.2, 0.25) is 5.91 Å². The highest BCUT2D eigenvalue weighted by Crippen LogP contribution is 2.36. The number of nitrogens with one attached hydrogen (secondary N) is 1. The third-order valence-electron chi connectivity index (χ3n) is 2.81. The van der Waals surface area contributed by atoms with Crippen molar-refractivity contribution >= 4 is 40.1 Å². The molecule has 0 unspecified atom stereocenters. The number of methoxy groups -OCH3 is 1. The van der Waals surface area contributed by atoms with Gasteiger partial charge in [-0.1, -0.05) is 11.6 Å². The number of anilines is 1. The first-order chi connectivity index (χ1) is 11.0. The molecule has 0 bridgehead atoms. The second-order valence-electron chi connectivity index (χ2n) is 4.57. The lowest BCUT2D eigenvalue weighted by atomic mass is 10.2. The van der Waals surface area contributed by atoms with Gasteiger partial charge in [-0.2, -0.15) is 0 Å². The molecule has 1 amide bonds. The van der Waals surface area contributed by atoms with Crippen molar-refractivity contribution in [3.8, 4) is 11.5 Å². The molecule has 7 heteroatoms. The molecule has 0 aliphatic carbocycles. The van der Waals surface area contributed by atoms with Crippen LogP contribution in [0.3, 0.4) is 0 Å². The van der Waals surface area contributed by atoms with Crippen LogP contribution in [0.25, 0.3) is 6.08 Å². The molecule has 0 saturated heterocycles. The summed E-state index contributed by atoms with van der Waals surface area (Å²) in [6, 6.07) is 3.48. The van der Waals surface area contributed by atoms with E-state index in [1.54, 1.807) is 24.4 Å². The van der Waals surface area contributed by atoms with Gasteiger partial charge in [-0.05, 0) is 37.6 Å². The Kier molecular flexibility index (Phi) is 6.01. The first kappa shape index (κ1) is 17.3. The summed E-state index contributed by atoms with van der Waals surface area (Å²) in [7, 11) is 1.53. The Balaban J connectivity index is 2.13. The van der Waals surface area contributed by atoms with Crippen molar-refractivity contribution < 1.29 is 14.3 Å². The highest BCUT2D eigenvalue weighted by molar-refractivity contribution is 7.15. The lowest BCUT2D eigenvalue weighted by molar-refractivity contribution is -0.111. The number of thiazole rings is 1. The molecule has 5 nitrogen and oxygen atoms in total. The average Bonchev–Trinajstić information content (AvgIpc) is 2.90. The molecule has 1 aromatic heterocycles. The summed E-state index contributed by atoms with van der Waals surface area (Å²) in [4.78, 5) is 17.0. The number of aryl methyl sites for hydroxylation is 1. The predicted molar refractivity (Wildman–Crippen MR) is 93.7 cm³/mol. The van der Waals surface area contributed by atoms with Gasteiger partial charge in [-0.25, -0.2) is 4.98 Å². The van der Waals surface area contributed by atoms with Crippen LogP contribution in [0.1, 0.15) is 17.4 Å². The molecule has 2 aromatic rings. The van der Waals surface area contributed by atoms with Gasteiger partial charge in [0, 0.05) is 17.2 Å². The Bertz CT molecular complexity index is 728. The number of amides is 1. The van der Waals surface area contributed by atoms with Crippen LogP contribution in [0, 0.1) is 6.92 Å². The smallest absolute Gasteiger partial charge is 0.250 e. The van der Waals surface area contributed by atoms with Crippen molar-refractivity contribution in [3.63, 3.8) is 0 Å². The number of ether oxygens (including phenoxy) is 2. The van der Waals surface area contributed by atoms with E-state index in [1.807, 2.05) is 13.8 Å². The summed E-state index contributed by atoms with van der Waals surface area (Å²) < 4.78 is 10.7. The fraction of sp³-hybridized carbons (Fsp3) is 0.250. The van der Waals surface area contributed by atoms with Crippen LogP contribution in [0.5, 0.6) is 11.5 Å². The Morgan fingerprint density at radius 2 is 2.26 bits per heavy atom. The second-order valence-corrected chi connectivity index (χ2v) is 6.21. The topological polar surface area (TPSA) is 60.5 Å². The zero-order valence-corrected chi connectivity index (χ0v) is 14.6. The zero-order valence-electron chi connectivity index (χ0n) is 13.1. The molecule has 1 N–H and O–H groups in total. The fourth-order valence-corrected chi connectivity index (χ4v) is 2.84. The van der Waals surface area contributed by atoms with Crippen LogP contribution in [0.4, 0.5) is 5.13 Å². The number of carbonyl (C=O) groups is 1. The summed E-state index contributed by atoms with van der Waals surface area (Å²) in [5.74, 6) is 0.760. The molecule has 122 valence electrons. The van der Waals surface area contributed by atoms with Crippen LogP contribution in [-0.2, 0) is 4.79 Å². The Morgan fingerprint density at radius 3 is 2.87 bits per heavy atom. The van der Waals surface area contributed by atoms with Gasteiger partial charge < -0.3 is 9.47 Å². The lowest BCUT2D eigenvalue weighted by Gasteiger charge is -2.11. The van der Waals surface area contributed by atoms with E-state index in [-0.39, 0.29) is 5.91 Å². The van der Waals surface area contributed by atoms with Crippen LogP contribution in [0.15, 0.2) is 24.4 Å². The molecular formula is C16H17ClN2O3S. The zero-order chi connectivity index (χ0) is 16.8. The molecule has 0 fully saturated rings. The molecule has 1 aromatic carbocycles. The van der Waals surface area contributed by atoms with Crippen LogP contribution in [0.2, 0.25) is 5.02 Å². The summed E-state index contributed by atoms with van der Waals surface area (Å²) in [6.45, 7) is 4.29. The summed E-state index contributed by atoms with van der Waals surface area (Å²) in [5.41, 5.74) is 0.740. The number of rotatable bonds is 6. The normalized spacial score (nSPS) is 10.8. The number of aromatic nitrogens is 1. The maximum Gasteiger partial charge on any atom is 0.250 e. The number of benzene rings is 1. The lowest BCUT2D eigenvalue weighted by Crippen LogP contribution is -2.07. The first-order valence-electron chi connectivity index (χ1n) is 6.95. The maximum absolute atomic E-state index is 11.9. The minimum Gasteiger partial charge on any atom is -0.491 e. The van der Waals surface area contributed by atoms with Crippen LogP contribution >= 0.6 is 22.9 Å². The molecule has 0 radical (unpaired) electrons. The monoisotopic (exact) mass is 352 g/mol. The molecular weight excluding hydrogens is 336 g/mol. The Hall–Kier alpha value is -2.05. The molecule has 0 saturated carbocycles. The van der Waals surface area contributed by atoms with E-state index in [2.05, 4.69) is 10.3 Å². The molecule has 0 atom stereocenters. The fourth-order valence-electron chi connectivity index (χ4n) is 1.88. The quantitative estimate of drug-likeness (QED) is 0.793. The van der Waals surface area contributed by atoms with E-state index >= 15 is 0 Å². The van der Waals surface area contributed by atoms with E-state index in [9.17, 15) is 4.79 Å². The highest BCUT2D eigenvalue weighted by Gasteiger charge is 2.10. The van der Waals surface area contributed by atoms with Gasteiger partial charge in [0.25, 0.3) is 0 Å². The van der Waals surface area contributed by atoms with Gasteiger partial charge in [0.05, 0.1) is 18.7 Å². The SMILES string of the molecule is CCOc1cc(C=CC(=O)Nc2ncc(C)s2)cc(Cl)c1OC. The maximum atomic E-state index is 11.9. The van der Waals surface area contributed by atoms with Crippen molar-refractivity contribution in [2.45, 2.75) is 13.8 Å². The number of carbonyl (C=O) groups excluding carboxylic acids is 1. The third kappa shape index (κ3) is 4.71. The Labute approximate surface area is 143 Å². The van der Waals surface area contributed by atoms with Gasteiger partial charge in [-0.15, -0.1) is 11.3 Å². The minimum absolute atomic E-state index is 0.260. The molecule has 0 aliphatic heterocycles. The van der Waals surface area contributed by atoms with Gasteiger partial charge in [-0.3, -0.25) is 10.1 Å². The van der Waals surface area contributed by atoms with E-state index < -0.39 is 0 Å². The van der Waals surface area contributed by atoms with E-state index in [4.69, 9.17) is 21.1 Å². The molecule has 1 heterocycles. The third-order valence-corrected chi connectivity index (χ3v) is 3.92. The van der Waals surface area contributed by atoms with Gasteiger partial charge in [0.1, 0.15) is 0 Å². The van der Waals surface area contributed by atoms with Crippen molar-refractivity contribution in [2.24, 2.45) is 0 Å². The van der Waals surface area contributed by atoms with Crippen molar-refractivity contribution in [1.82, 2.24) is 4.98 Å². The second kappa shape index (κ2) is 7.99. The molecule has 0 aliphatic rings. The molecule has 2 rings (SSSR count). The van der Waals surface area contributed by atoms with Crippen molar-refractivity contribution in [3.05, 3.63) is 39.9 Å². The molecule has 0 spiro atoms. The predicted octanol–water partition coefficient (Wildman–Crippen LogP) is 4.16. The first-order valence-corrected chi connectivity index (χ1v) is 8.14. The summed E-state index contributed by atoms with van der Waals surface area (Å²) >= 11 is 7.59. The van der Waals surface area contributed by atoms with Crippen molar-refractivity contribution in [2.75, 3.05) is 19.0 Å². The van der Waals surface area contributed by atoms with Gasteiger partial charge >= 0.3 is 0 Å². The number of hydrogen-bond donors (Lipinski definition) is 1. The minimum atomic E-state index is -0.260. The highest BCUT2D eigenvalue weighted by atomic mass is 35.5. The van der Waals surface area contributed by atoms with E-state index in [0.29, 0.717) is 28.3 Å². The van der Waals surface area contributed by atoms with Crippen LogP contribution in [-0.4, -0.2) is 24.6 Å². The van der Waals surface area contributed by atoms with E-state index in [1.165, 1.54) is 24.5 Å². The van der Waals surface area contributed by atoms with Crippen molar-refractivity contribution in [1.29, 1.82) is 0 Å². The largest absolute Gasteiger partial charge is 0.491 e. The number of halogens is 1.